The minimum atomic E-state index is -4.35. The van der Waals surface area contributed by atoms with Crippen LogP contribution in [0.5, 0.6) is 0 Å². The summed E-state index contributed by atoms with van der Waals surface area (Å²) in [6, 6.07) is 7.52. The SMILES string of the molecule is N#CCC1(CNc2ccccc2C(F)(F)F)CC1. The highest BCUT2D eigenvalue weighted by Crippen LogP contribution is 2.48. The number of benzene rings is 1. The molecule has 0 radical (unpaired) electrons. The Kier molecular flexibility index (Phi) is 3.20. The van der Waals surface area contributed by atoms with Crippen molar-refractivity contribution >= 4 is 5.69 Å². The number of nitrogens with one attached hydrogen (secondary N) is 1. The summed E-state index contributed by atoms with van der Waals surface area (Å²) in [6.07, 6.45) is -2.15. The van der Waals surface area contributed by atoms with Crippen LogP contribution in [0.1, 0.15) is 24.8 Å². The number of nitrogens with zero attached hydrogens (tertiary/aromatic N) is 1. The molecule has 0 spiro atoms. The van der Waals surface area contributed by atoms with E-state index in [-0.39, 0.29) is 11.1 Å². The number of rotatable bonds is 4. The molecule has 96 valence electrons. The zero-order valence-corrected chi connectivity index (χ0v) is 9.72. The first-order valence-corrected chi connectivity index (χ1v) is 5.74. The van der Waals surface area contributed by atoms with Gasteiger partial charge in [0.1, 0.15) is 0 Å². The summed E-state index contributed by atoms with van der Waals surface area (Å²) in [7, 11) is 0. The molecule has 1 fully saturated rings. The van der Waals surface area contributed by atoms with Crippen molar-refractivity contribution in [1.29, 1.82) is 5.26 Å². The van der Waals surface area contributed by atoms with Gasteiger partial charge in [0.25, 0.3) is 0 Å². The molecule has 0 bridgehead atoms. The van der Waals surface area contributed by atoms with Crippen LogP contribution < -0.4 is 5.32 Å². The lowest BCUT2D eigenvalue weighted by atomic mass is 10.0. The second-order valence-electron chi connectivity index (χ2n) is 4.73. The average molecular weight is 254 g/mol. The quantitative estimate of drug-likeness (QED) is 0.886. The van der Waals surface area contributed by atoms with E-state index in [1.165, 1.54) is 12.1 Å². The highest BCUT2D eigenvalue weighted by Gasteiger charge is 2.42. The number of nitriles is 1. The van der Waals surface area contributed by atoms with Crippen LogP contribution in [-0.2, 0) is 6.18 Å². The van der Waals surface area contributed by atoms with Crippen LogP contribution in [0.2, 0.25) is 0 Å². The summed E-state index contributed by atoms with van der Waals surface area (Å²) < 4.78 is 38.2. The fourth-order valence-corrected chi connectivity index (χ4v) is 1.93. The Morgan fingerprint density at radius 2 is 1.94 bits per heavy atom. The lowest BCUT2D eigenvalue weighted by Crippen LogP contribution is -2.17. The predicted molar refractivity (Wildman–Crippen MR) is 61.8 cm³/mol. The maximum Gasteiger partial charge on any atom is 0.418 e. The molecule has 1 aliphatic rings. The third-order valence-corrected chi connectivity index (χ3v) is 3.30. The molecule has 1 aliphatic carbocycles. The van der Waals surface area contributed by atoms with Crippen LogP contribution in [0, 0.1) is 16.7 Å². The van der Waals surface area contributed by atoms with E-state index in [0.29, 0.717) is 13.0 Å². The van der Waals surface area contributed by atoms with Crippen molar-refractivity contribution in [2.24, 2.45) is 5.41 Å². The lowest BCUT2D eigenvalue weighted by Gasteiger charge is -2.17. The Morgan fingerprint density at radius 1 is 1.28 bits per heavy atom. The van der Waals surface area contributed by atoms with Gasteiger partial charge in [0, 0.05) is 24.1 Å². The van der Waals surface area contributed by atoms with Crippen LogP contribution >= 0.6 is 0 Å². The van der Waals surface area contributed by atoms with Gasteiger partial charge in [-0.25, -0.2) is 0 Å². The zero-order chi connectivity index (χ0) is 13.2. The summed E-state index contributed by atoms with van der Waals surface area (Å²) >= 11 is 0. The molecule has 0 aliphatic heterocycles. The van der Waals surface area contributed by atoms with Gasteiger partial charge >= 0.3 is 6.18 Å². The van der Waals surface area contributed by atoms with Crippen LogP contribution in [0.4, 0.5) is 18.9 Å². The standard InChI is InChI=1S/C13H13F3N2/c14-13(15,16)10-3-1-2-4-11(10)18-9-12(5-6-12)7-8-17/h1-4,18H,5-7,9H2. The number of halogens is 3. The minimum Gasteiger partial charge on any atom is -0.384 e. The van der Waals surface area contributed by atoms with Crippen LogP contribution in [0.25, 0.3) is 0 Å². The summed E-state index contributed by atoms with van der Waals surface area (Å²) in [5, 5.41) is 11.5. The number of hydrogen-bond acceptors (Lipinski definition) is 2. The first-order chi connectivity index (χ1) is 8.47. The number of anilines is 1. The van der Waals surface area contributed by atoms with Gasteiger partial charge in [0.2, 0.25) is 0 Å². The lowest BCUT2D eigenvalue weighted by molar-refractivity contribution is -0.137. The summed E-state index contributed by atoms with van der Waals surface area (Å²) in [4.78, 5) is 0. The Morgan fingerprint density at radius 3 is 2.50 bits per heavy atom. The van der Waals surface area contributed by atoms with Crippen molar-refractivity contribution < 1.29 is 13.2 Å². The Hall–Kier alpha value is -1.70. The van der Waals surface area contributed by atoms with Gasteiger partial charge in [-0.3, -0.25) is 0 Å². The van der Waals surface area contributed by atoms with E-state index in [9.17, 15) is 13.2 Å². The van der Waals surface area contributed by atoms with Gasteiger partial charge in [-0.1, -0.05) is 12.1 Å². The molecule has 1 aromatic rings. The third kappa shape index (κ3) is 2.76. The molecule has 5 heteroatoms. The second kappa shape index (κ2) is 4.52. The molecule has 0 amide bonds. The van der Waals surface area contributed by atoms with E-state index in [4.69, 9.17) is 5.26 Å². The normalized spacial score (nSPS) is 17.0. The van der Waals surface area contributed by atoms with Crippen molar-refractivity contribution in [1.82, 2.24) is 0 Å². The van der Waals surface area contributed by atoms with Gasteiger partial charge in [-0.15, -0.1) is 0 Å². The topological polar surface area (TPSA) is 35.8 Å². The predicted octanol–water partition coefficient (Wildman–Crippen LogP) is 3.81. The van der Waals surface area contributed by atoms with E-state index < -0.39 is 11.7 Å². The van der Waals surface area contributed by atoms with Crippen molar-refractivity contribution in [3.8, 4) is 6.07 Å². The molecule has 2 rings (SSSR count). The Balaban J connectivity index is 2.09. The number of hydrogen-bond donors (Lipinski definition) is 1. The molecular formula is C13H13F3N2. The van der Waals surface area contributed by atoms with E-state index in [2.05, 4.69) is 11.4 Å². The van der Waals surface area contributed by atoms with E-state index in [1.807, 2.05) is 0 Å². The van der Waals surface area contributed by atoms with E-state index in [1.54, 1.807) is 6.07 Å². The highest BCUT2D eigenvalue weighted by molar-refractivity contribution is 5.52. The first kappa shape index (κ1) is 12.7. The summed E-state index contributed by atoms with van der Waals surface area (Å²) in [6.45, 7) is 0.424. The fraction of sp³-hybridized carbons (Fsp3) is 0.462. The average Bonchev–Trinajstić information content (AvgIpc) is 3.07. The van der Waals surface area contributed by atoms with Crippen molar-refractivity contribution in [3.63, 3.8) is 0 Å². The molecule has 0 aromatic heterocycles. The van der Waals surface area contributed by atoms with Crippen molar-refractivity contribution in [2.45, 2.75) is 25.4 Å². The number of para-hydroxylation sites is 1. The van der Waals surface area contributed by atoms with Crippen LogP contribution in [-0.4, -0.2) is 6.54 Å². The van der Waals surface area contributed by atoms with Crippen molar-refractivity contribution in [2.75, 3.05) is 11.9 Å². The monoisotopic (exact) mass is 254 g/mol. The Labute approximate surface area is 103 Å². The van der Waals surface area contributed by atoms with Crippen molar-refractivity contribution in [3.05, 3.63) is 29.8 Å². The molecule has 1 N–H and O–H groups in total. The minimum absolute atomic E-state index is 0.0919. The summed E-state index contributed by atoms with van der Waals surface area (Å²) in [5.41, 5.74) is -0.681. The molecule has 2 nitrogen and oxygen atoms in total. The van der Waals surface area contributed by atoms with Gasteiger partial charge in [0.05, 0.1) is 11.6 Å². The third-order valence-electron chi connectivity index (χ3n) is 3.30. The molecule has 0 heterocycles. The van der Waals surface area contributed by atoms with Gasteiger partial charge < -0.3 is 5.32 Å². The van der Waals surface area contributed by atoms with Gasteiger partial charge in [-0.05, 0) is 25.0 Å². The number of alkyl halides is 3. The highest BCUT2D eigenvalue weighted by atomic mass is 19.4. The first-order valence-electron chi connectivity index (χ1n) is 5.74. The Bertz CT molecular complexity index is 470. The molecule has 0 saturated heterocycles. The summed E-state index contributed by atoms with van der Waals surface area (Å²) in [5.74, 6) is 0. The maximum atomic E-state index is 12.7. The molecule has 1 saturated carbocycles. The fourth-order valence-electron chi connectivity index (χ4n) is 1.93. The molecule has 1 aromatic carbocycles. The molecule has 18 heavy (non-hydrogen) atoms. The van der Waals surface area contributed by atoms with E-state index in [0.717, 1.165) is 18.9 Å². The molecule has 0 atom stereocenters. The van der Waals surface area contributed by atoms with E-state index >= 15 is 0 Å². The smallest absolute Gasteiger partial charge is 0.384 e. The zero-order valence-electron chi connectivity index (χ0n) is 9.72. The second-order valence-corrected chi connectivity index (χ2v) is 4.73. The van der Waals surface area contributed by atoms with Crippen LogP contribution in [0.3, 0.4) is 0 Å². The van der Waals surface area contributed by atoms with Gasteiger partial charge in [0.15, 0.2) is 0 Å². The van der Waals surface area contributed by atoms with Gasteiger partial charge in [-0.2, -0.15) is 18.4 Å². The maximum absolute atomic E-state index is 12.7. The molecule has 0 unspecified atom stereocenters. The molecular weight excluding hydrogens is 241 g/mol. The van der Waals surface area contributed by atoms with Crippen LogP contribution in [0.15, 0.2) is 24.3 Å². The largest absolute Gasteiger partial charge is 0.418 e.